The van der Waals surface area contributed by atoms with E-state index in [1.54, 1.807) is 20.2 Å². The van der Waals surface area contributed by atoms with E-state index in [9.17, 15) is 4.79 Å². The molecule has 0 aliphatic carbocycles. The number of rotatable bonds is 0. The van der Waals surface area contributed by atoms with Crippen LogP contribution in [-0.2, 0) is 7.05 Å². The maximum atomic E-state index is 11.1. The van der Waals surface area contributed by atoms with E-state index in [0.717, 1.165) is 0 Å². The smallest absolute Gasteiger partial charge is 0.303 e. The van der Waals surface area contributed by atoms with Crippen LogP contribution in [0.15, 0.2) is 11.0 Å². The number of nitrogens with one attached hydrogen (secondary N) is 1. The van der Waals surface area contributed by atoms with Crippen LogP contribution in [-0.4, -0.2) is 19.5 Å². The van der Waals surface area contributed by atoms with Crippen molar-refractivity contribution in [3.8, 4) is 0 Å². The second kappa shape index (κ2) is 6.76. The minimum atomic E-state index is -0.162. The largest absolute Gasteiger partial charge is 0.327 e. The van der Waals surface area contributed by atoms with Gasteiger partial charge in [-0.15, -0.1) is 0 Å². The van der Waals surface area contributed by atoms with Crippen LogP contribution >= 0.6 is 0 Å². The van der Waals surface area contributed by atoms with Gasteiger partial charge in [0.15, 0.2) is 5.65 Å². The first-order chi connectivity index (χ1) is 7.68. The molecule has 0 amide bonds. The van der Waals surface area contributed by atoms with Gasteiger partial charge in [-0.05, 0) is 6.92 Å². The minimum absolute atomic E-state index is 0.162. The number of aromatic amines is 1. The molecule has 2 aromatic rings. The van der Waals surface area contributed by atoms with Crippen LogP contribution in [0.4, 0.5) is 0 Å². The lowest BCUT2D eigenvalue weighted by atomic mass is 10.5. The van der Waals surface area contributed by atoms with E-state index in [1.165, 1.54) is 4.57 Å². The molecular weight excluding hydrogens is 204 g/mol. The predicted octanol–water partition coefficient (Wildman–Crippen LogP) is 2.02. The predicted molar refractivity (Wildman–Crippen MR) is 66.6 cm³/mol. The first-order valence-corrected chi connectivity index (χ1v) is 5.57. The highest BCUT2D eigenvalue weighted by molar-refractivity contribution is 5.68. The Kier molecular flexibility index (Phi) is 6.07. The molecule has 0 fully saturated rings. The Balaban J connectivity index is 0.000000509. The van der Waals surface area contributed by atoms with Crippen LogP contribution in [0.5, 0.6) is 0 Å². The van der Waals surface area contributed by atoms with Crippen LogP contribution in [0.2, 0.25) is 0 Å². The Morgan fingerprint density at radius 2 is 1.81 bits per heavy atom. The highest BCUT2D eigenvalue weighted by Crippen LogP contribution is 2.02. The van der Waals surface area contributed by atoms with E-state index in [2.05, 4.69) is 15.0 Å². The molecule has 2 rings (SSSR count). The van der Waals surface area contributed by atoms with Crippen molar-refractivity contribution in [3.63, 3.8) is 0 Å². The SMILES string of the molecule is CC.CC.Cc1ncc2[nH]c(=O)n(C)c2n1. The topological polar surface area (TPSA) is 63.6 Å². The zero-order chi connectivity index (χ0) is 12.7. The monoisotopic (exact) mass is 224 g/mol. The molecule has 0 aliphatic rings. The zero-order valence-corrected chi connectivity index (χ0v) is 10.8. The fraction of sp³-hybridized carbons (Fsp3) is 0.545. The number of nitrogens with zero attached hydrogens (tertiary/aromatic N) is 3. The lowest BCUT2D eigenvalue weighted by molar-refractivity contribution is 0.873. The van der Waals surface area contributed by atoms with Crippen molar-refractivity contribution < 1.29 is 0 Å². The third-order valence-electron chi connectivity index (χ3n) is 1.75. The molecule has 1 N–H and O–H groups in total. The highest BCUT2D eigenvalue weighted by atomic mass is 16.1. The molecule has 0 unspecified atom stereocenters. The molecule has 5 heteroatoms. The number of hydrogen-bond acceptors (Lipinski definition) is 3. The van der Waals surface area contributed by atoms with Gasteiger partial charge in [0.25, 0.3) is 0 Å². The van der Waals surface area contributed by atoms with Gasteiger partial charge in [-0.3, -0.25) is 4.57 Å². The molecule has 0 atom stereocenters. The van der Waals surface area contributed by atoms with Crippen LogP contribution in [0, 0.1) is 6.92 Å². The fourth-order valence-electron chi connectivity index (χ4n) is 1.10. The number of aromatic nitrogens is 4. The van der Waals surface area contributed by atoms with Gasteiger partial charge >= 0.3 is 5.69 Å². The van der Waals surface area contributed by atoms with E-state index in [0.29, 0.717) is 17.0 Å². The molecule has 2 aromatic heterocycles. The lowest BCUT2D eigenvalue weighted by Gasteiger charge is -1.92. The molecule has 0 spiro atoms. The van der Waals surface area contributed by atoms with Crippen LogP contribution in [0.25, 0.3) is 11.2 Å². The molecule has 16 heavy (non-hydrogen) atoms. The Morgan fingerprint density at radius 3 is 2.38 bits per heavy atom. The van der Waals surface area contributed by atoms with Gasteiger partial charge in [0.2, 0.25) is 0 Å². The van der Waals surface area contributed by atoms with Crippen LogP contribution < -0.4 is 5.69 Å². The zero-order valence-electron chi connectivity index (χ0n) is 10.8. The molecule has 2 heterocycles. The van der Waals surface area contributed by atoms with Crippen molar-refractivity contribution in [2.24, 2.45) is 7.05 Å². The Morgan fingerprint density at radius 1 is 1.25 bits per heavy atom. The van der Waals surface area contributed by atoms with Gasteiger partial charge in [-0.25, -0.2) is 14.8 Å². The molecule has 90 valence electrons. The van der Waals surface area contributed by atoms with Crippen molar-refractivity contribution in [3.05, 3.63) is 22.5 Å². The van der Waals surface area contributed by atoms with Crippen LogP contribution in [0.1, 0.15) is 33.5 Å². The summed E-state index contributed by atoms with van der Waals surface area (Å²) in [5, 5.41) is 0. The molecule has 0 saturated heterocycles. The van der Waals surface area contributed by atoms with E-state index in [-0.39, 0.29) is 5.69 Å². The average molecular weight is 224 g/mol. The molecule has 5 nitrogen and oxygen atoms in total. The van der Waals surface area contributed by atoms with Gasteiger partial charge in [-0.2, -0.15) is 0 Å². The summed E-state index contributed by atoms with van der Waals surface area (Å²) in [5.74, 6) is 0.664. The summed E-state index contributed by atoms with van der Waals surface area (Å²) in [5.41, 5.74) is 1.16. The first-order valence-electron chi connectivity index (χ1n) is 5.57. The molecular formula is C11H20N4O. The molecule has 0 bridgehead atoms. The number of H-pyrrole nitrogens is 1. The van der Waals surface area contributed by atoms with Gasteiger partial charge in [0.1, 0.15) is 11.3 Å². The summed E-state index contributed by atoms with van der Waals surface area (Å²) in [6.45, 7) is 9.79. The highest BCUT2D eigenvalue weighted by Gasteiger charge is 2.03. The number of aryl methyl sites for hydroxylation is 2. The molecule has 0 radical (unpaired) electrons. The van der Waals surface area contributed by atoms with Crippen molar-refractivity contribution in [1.29, 1.82) is 0 Å². The van der Waals surface area contributed by atoms with Crippen molar-refractivity contribution in [2.75, 3.05) is 0 Å². The van der Waals surface area contributed by atoms with Gasteiger partial charge in [-0.1, -0.05) is 27.7 Å². The van der Waals surface area contributed by atoms with Gasteiger partial charge < -0.3 is 4.98 Å². The minimum Gasteiger partial charge on any atom is -0.303 e. The lowest BCUT2D eigenvalue weighted by Crippen LogP contribution is -2.12. The Labute approximate surface area is 95.6 Å². The Hall–Kier alpha value is -1.65. The summed E-state index contributed by atoms with van der Waals surface area (Å²) in [6.07, 6.45) is 1.61. The van der Waals surface area contributed by atoms with Crippen molar-refractivity contribution in [1.82, 2.24) is 19.5 Å². The van der Waals surface area contributed by atoms with E-state index >= 15 is 0 Å². The maximum Gasteiger partial charge on any atom is 0.327 e. The summed E-state index contributed by atoms with van der Waals surface area (Å²) < 4.78 is 1.46. The van der Waals surface area contributed by atoms with Crippen molar-refractivity contribution >= 4 is 11.2 Å². The standard InChI is InChI=1S/C7H8N4O.2C2H6/c1-4-8-3-5-6(9-4)11(2)7(12)10-5;2*1-2/h3H,1-2H3,(H,10,12);2*1-2H3. The fourth-order valence-corrected chi connectivity index (χ4v) is 1.10. The third kappa shape index (κ3) is 2.92. The van der Waals surface area contributed by atoms with E-state index < -0.39 is 0 Å². The van der Waals surface area contributed by atoms with E-state index in [1.807, 2.05) is 27.7 Å². The number of fused-ring (bicyclic) bond motifs is 1. The molecule has 0 aliphatic heterocycles. The molecule has 0 saturated carbocycles. The Bertz CT molecular complexity index is 484. The normalized spacial score (nSPS) is 8.88. The van der Waals surface area contributed by atoms with Crippen molar-refractivity contribution in [2.45, 2.75) is 34.6 Å². The second-order valence-electron chi connectivity index (χ2n) is 2.64. The second-order valence-corrected chi connectivity index (χ2v) is 2.64. The quantitative estimate of drug-likeness (QED) is 0.744. The van der Waals surface area contributed by atoms with Gasteiger partial charge in [0, 0.05) is 7.05 Å². The third-order valence-corrected chi connectivity index (χ3v) is 1.75. The first kappa shape index (κ1) is 14.3. The van der Waals surface area contributed by atoms with E-state index in [4.69, 9.17) is 0 Å². The summed E-state index contributed by atoms with van der Waals surface area (Å²) in [7, 11) is 1.67. The molecule has 0 aromatic carbocycles. The maximum absolute atomic E-state index is 11.1. The average Bonchev–Trinajstić information content (AvgIpc) is 2.61. The van der Waals surface area contributed by atoms with Gasteiger partial charge in [0.05, 0.1) is 6.20 Å². The number of imidazole rings is 1. The number of hydrogen-bond donors (Lipinski definition) is 1. The van der Waals surface area contributed by atoms with Crippen LogP contribution in [0.3, 0.4) is 0 Å². The summed E-state index contributed by atoms with van der Waals surface area (Å²) in [4.78, 5) is 21.8. The summed E-state index contributed by atoms with van der Waals surface area (Å²) >= 11 is 0. The summed E-state index contributed by atoms with van der Waals surface area (Å²) in [6, 6.07) is 0.